The van der Waals surface area contributed by atoms with Gasteiger partial charge < -0.3 is 0 Å². The average molecular weight is 312 g/mol. The predicted molar refractivity (Wildman–Crippen MR) is 88.1 cm³/mol. The zero-order valence-corrected chi connectivity index (χ0v) is 12.9. The number of hydrogen-bond donors (Lipinski definition) is 0. The Morgan fingerprint density at radius 3 is 2.59 bits per heavy atom. The van der Waals surface area contributed by atoms with Gasteiger partial charge in [-0.25, -0.2) is 5.32 Å². The highest BCUT2D eigenvalue weighted by Crippen LogP contribution is 2.31. The fraction of sp³-hybridized carbons (Fsp3) is 0.294. The first kappa shape index (κ1) is 13.7. The number of pyridine rings is 1. The maximum atomic E-state index is 6.00. The fourth-order valence-corrected chi connectivity index (χ4v) is 3.19. The zero-order valence-electron chi connectivity index (χ0n) is 12.1. The molecule has 0 spiro atoms. The van der Waals surface area contributed by atoms with Gasteiger partial charge in [-0.3, -0.25) is 9.67 Å². The first-order valence-electron chi connectivity index (χ1n) is 7.54. The largest absolute Gasteiger partial charge is 0.264 e. The molecule has 5 heteroatoms. The van der Waals surface area contributed by atoms with Gasteiger partial charge in [-0.15, -0.1) is 0 Å². The molecule has 0 N–H and O–H groups in total. The summed E-state index contributed by atoms with van der Waals surface area (Å²) in [7, 11) is 0. The Hall–Kier alpha value is -1.91. The second-order valence-electron chi connectivity index (χ2n) is 5.59. The second kappa shape index (κ2) is 5.71. The van der Waals surface area contributed by atoms with Crippen molar-refractivity contribution in [3.8, 4) is 11.3 Å². The van der Waals surface area contributed by atoms with Crippen LogP contribution in [0.5, 0.6) is 0 Å². The van der Waals surface area contributed by atoms with Gasteiger partial charge >= 0.3 is 0 Å². The van der Waals surface area contributed by atoms with Crippen LogP contribution in [0.25, 0.3) is 22.2 Å². The van der Waals surface area contributed by atoms with Crippen molar-refractivity contribution < 1.29 is 0 Å². The maximum Gasteiger partial charge on any atom is 0.102 e. The molecule has 0 unspecified atom stereocenters. The summed E-state index contributed by atoms with van der Waals surface area (Å²) < 4.78 is 2.16. The minimum atomic E-state index is 0.420. The molecule has 0 aliphatic carbocycles. The highest BCUT2D eigenvalue weighted by atomic mass is 35.5. The van der Waals surface area contributed by atoms with Crippen LogP contribution in [-0.4, -0.2) is 27.9 Å². The molecule has 22 heavy (non-hydrogen) atoms. The second-order valence-corrected chi connectivity index (χ2v) is 6.03. The molecular weight excluding hydrogens is 296 g/mol. The topological polar surface area (TPSA) is 44.8 Å². The molecule has 4 nitrogen and oxygen atoms in total. The van der Waals surface area contributed by atoms with Gasteiger partial charge in [0, 0.05) is 41.5 Å². The normalized spacial score (nSPS) is 16.2. The van der Waals surface area contributed by atoms with Crippen LogP contribution >= 0.6 is 11.6 Å². The van der Waals surface area contributed by atoms with Crippen molar-refractivity contribution in [2.24, 2.45) is 0 Å². The summed E-state index contributed by atoms with van der Waals surface area (Å²) in [6.07, 6.45) is 5.84. The van der Waals surface area contributed by atoms with Crippen LogP contribution in [0.3, 0.4) is 0 Å². The van der Waals surface area contributed by atoms with Crippen LogP contribution < -0.4 is 5.32 Å². The van der Waals surface area contributed by atoms with Crippen molar-refractivity contribution in [1.82, 2.24) is 20.1 Å². The van der Waals surface area contributed by atoms with E-state index in [2.05, 4.69) is 15.0 Å². The molecule has 0 bridgehead atoms. The van der Waals surface area contributed by atoms with Crippen molar-refractivity contribution in [1.29, 1.82) is 0 Å². The minimum Gasteiger partial charge on any atom is -0.264 e. The molecule has 0 atom stereocenters. The highest BCUT2D eigenvalue weighted by molar-refractivity contribution is 6.30. The van der Waals surface area contributed by atoms with Crippen LogP contribution in [0.2, 0.25) is 5.02 Å². The van der Waals surface area contributed by atoms with E-state index in [1.807, 2.05) is 42.7 Å². The van der Waals surface area contributed by atoms with Gasteiger partial charge in [-0.1, -0.05) is 23.7 Å². The number of nitrogens with zero attached hydrogens (tertiary/aromatic N) is 4. The third-order valence-corrected chi connectivity index (χ3v) is 4.46. The van der Waals surface area contributed by atoms with Gasteiger partial charge in [0.2, 0.25) is 0 Å². The third-order valence-electron chi connectivity index (χ3n) is 4.21. The average Bonchev–Trinajstić information content (AvgIpc) is 2.96. The summed E-state index contributed by atoms with van der Waals surface area (Å²) in [4.78, 5) is 4.28. The van der Waals surface area contributed by atoms with Gasteiger partial charge in [0.25, 0.3) is 0 Å². The van der Waals surface area contributed by atoms with Crippen LogP contribution in [0.1, 0.15) is 18.9 Å². The number of rotatable bonds is 2. The molecule has 1 aromatic carbocycles. The van der Waals surface area contributed by atoms with Crippen molar-refractivity contribution in [2.75, 3.05) is 13.1 Å². The Morgan fingerprint density at radius 2 is 1.82 bits per heavy atom. The fourth-order valence-electron chi connectivity index (χ4n) is 3.07. The first-order chi connectivity index (χ1) is 10.8. The van der Waals surface area contributed by atoms with Gasteiger partial charge in [0.15, 0.2) is 0 Å². The number of piperidine rings is 1. The smallest absolute Gasteiger partial charge is 0.102 e. The lowest BCUT2D eigenvalue weighted by molar-refractivity contribution is 0.348. The van der Waals surface area contributed by atoms with Gasteiger partial charge in [-0.05, 0) is 31.0 Å². The molecular formula is C17H16ClN4. The molecule has 1 aliphatic heterocycles. The molecule has 1 aliphatic rings. The summed E-state index contributed by atoms with van der Waals surface area (Å²) in [6.45, 7) is 1.85. The minimum absolute atomic E-state index is 0.420. The number of fused-ring (bicyclic) bond motifs is 1. The van der Waals surface area contributed by atoms with Crippen LogP contribution in [0, 0.1) is 0 Å². The summed E-state index contributed by atoms with van der Waals surface area (Å²) >= 11 is 6.00. The summed E-state index contributed by atoms with van der Waals surface area (Å²) in [6, 6.07) is 10.3. The third kappa shape index (κ3) is 2.38. The molecule has 4 rings (SSSR count). The predicted octanol–water partition coefficient (Wildman–Crippen LogP) is 3.69. The molecule has 1 fully saturated rings. The Kier molecular flexibility index (Phi) is 3.56. The van der Waals surface area contributed by atoms with E-state index in [9.17, 15) is 0 Å². The van der Waals surface area contributed by atoms with Crippen LogP contribution in [0.15, 0.2) is 42.7 Å². The molecule has 3 aromatic rings. The SMILES string of the molecule is Clc1ccc(-c2nn(C3CC[N]CC3)c3ccncc23)cc1. The van der Waals surface area contributed by atoms with E-state index < -0.39 is 0 Å². The van der Waals surface area contributed by atoms with Gasteiger partial charge in [0.05, 0.1) is 11.6 Å². The van der Waals surface area contributed by atoms with Crippen LogP contribution in [0.4, 0.5) is 0 Å². The van der Waals surface area contributed by atoms with E-state index >= 15 is 0 Å². The molecule has 111 valence electrons. The number of benzene rings is 1. The van der Waals surface area contributed by atoms with E-state index in [-0.39, 0.29) is 0 Å². The van der Waals surface area contributed by atoms with E-state index in [1.54, 1.807) is 0 Å². The number of aromatic nitrogens is 3. The van der Waals surface area contributed by atoms with E-state index in [1.165, 1.54) is 0 Å². The quantitative estimate of drug-likeness (QED) is 0.724. The molecule has 3 heterocycles. The summed E-state index contributed by atoms with van der Waals surface area (Å²) in [5, 5.41) is 11.2. The lowest BCUT2D eigenvalue weighted by atomic mass is 10.1. The van der Waals surface area contributed by atoms with E-state index in [4.69, 9.17) is 16.7 Å². The van der Waals surface area contributed by atoms with Crippen molar-refractivity contribution >= 4 is 22.5 Å². The lowest BCUT2D eigenvalue weighted by Crippen LogP contribution is -2.25. The van der Waals surface area contributed by atoms with Gasteiger partial charge in [-0.2, -0.15) is 5.10 Å². The molecule has 2 aromatic heterocycles. The highest BCUT2D eigenvalue weighted by Gasteiger charge is 2.21. The maximum absolute atomic E-state index is 6.00. The Labute approximate surface area is 134 Å². The Bertz CT molecular complexity index is 788. The zero-order chi connectivity index (χ0) is 14.9. The van der Waals surface area contributed by atoms with E-state index in [0.717, 1.165) is 53.1 Å². The van der Waals surface area contributed by atoms with Crippen molar-refractivity contribution in [3.63, 3.8) is 0 Å². The van der Waals surface area contributed by atoms with Crippen molar-refractivity contribution in [2.45, 2.75) is 18.9 Å². The van der Waals surface area contributed by atoms with Crippen molar-refractivity contribution in [3.05, 3.63) is 47.7 Å². The molecule has 1 saturated heterocycles. The Morgan fingerprint density at radius 1 is 1.05 bits per heavy atom. The summed E-state index contributed by atoms with van der Waals surface area (Å²) in [5.74, 6) is 0. The molecule has 0 amide bonds. The monoisotopic (exact) mass is 311 g/mol. The molecule has 0 saturated carbocycles. The lowest BCUT2D eigenvalue weighted by Gasteiger charge is -2.22. The first-order valence-corrected chi connectivity index (χ1v) is 7.92. The Balaban J connectivity index is 1.86. The number of hydrogen-bond acceptors (Lipinski definition) is 2. The molecule has 1 radical (unpaired) electrons. The summed E-state index contributed by atoms with van der Waals surface area (Å²) in [5.41, 5.74) is 3.19. The standard InChI is InChI=1S/C17H16ClN4/c18-13-3-1-12(2-4-13)17-15-11-20-10-7-16(15)22(21-17)14-5-8-19-9-6-14/h1-4,7,10-11,14H,5-6,8-9H2. The number of halogens is 1. The van der Waals surface area contributed by atoms with Crippen LogP contribution in [-0.2, 0) is 0 Å². The van der Waals surface area contributed by atoms with E-state index in [0.29, 0.717) is 6.04 Å². The van der Waals surface area contributed by atoms with Gasteiger partial charge in [0.1, 0.15) is 5.69 Å².